The van der Waals surface area contributed by atoms with Gasteiger partial charge < -0.3 is 10.9 Å². The van der Waals surface area contributed by atoms with Gasteiger partial charge in [0.1, 0.15) is 0 Å². The molecule has 0 atom stereocenters. The molecule has 0 amide bonds. The summed E-state index contributed by atoms with van der Waals surface area (Å²) in [6.07, 6.45) is 2.93. The Morgan fingerprint density at radius 3 is 2.94 bits per heavy atom. The van der Waals surface area contributed by atoms with E-state index in [2.05, 4.69) is 10.2 Å². The Bertz CT molecular complexity index is 469. The third-order valence-electron chi connectivity index (χ3n) is 2.44. The minimum absolute atomic E-state index is 0.264. The number of aliphatic hydroxyl groups is 1. The molecule has 0 aliphatic heterocycles. The third-order valence-corrected chi connectivity index (χ3v) is 4.33. The molecule has 2 rings (SSSR count). The highest BCUT2D eigenvalue weighted by Gasteiger charge is 2.12. The second-order valence-electron chi connectivity index (χ2n) is 3.79. The minimum atomic E-state index is 0.264. The van der Waals surface area contributed by atoms with Crippen LogP contribution in [0.25, 0.3) is 10.7 Å². The van der Waals surface area contributed by atoms with Gasteiger partial charge in [-0.3, -0.25) is 0 Å². The van der Waals surface area contributed by atoms with Gasteiger partial charge in [0.2, 0.25) is 5.16 Å². The van der Waals surface area contributed by atoms with Gasteiger partial charge in [0, 0.05) is 12.4 Å². The van der Waals surface area contributed by atoms with Crippen molar-refractivity contribution in [3.05, 3.63) is 17.5 Å². The van der Waals surface area contributed by atoms with Crippen LogP contribution in [0.3, 0.4) is 0 Å². The largest absolute Gasteiger partial charge is 0.396 e. The normalized spacial score (nSPS) is 10.9. The Labute approximate surface area is 114 Å². The number of thiophene rings is 1. The highest BCUT2D eigenvalue weighted by atomic mass is 32.2. The first-order valence-corrected chi connectivity index (χ1v) is 7.67. The molecule has 5 nitrogen and oxygen atoms in total. The predicted molar refractivity (Wildman–Crippen MR) is 75.1 cm³/mol. The van der Waals surface area contributed by atoms with E-state index in [9.17, 15) is 0 Å². The predicted octanol–water partition coefficient (Wildman–Crippen LogP) is 1.98. The molecule has 7 heteroatoms. The fraction of sp³-hybridized carbons (Fsp3) is 0.455. The molecule has 0 saturated heterocycles. The molecule has 2 aromatic heterocycles. The number of thioether (sulfide) groups is 1. The zero-order valence-corrected chi connectivity index (χ0v) is 11.6. The summed E-state index contributed by atoms with van der Waals surface area (Å²) in [5.74, 6) is 7.63. The summed E-state index contributed by atoms with van der Waals surface area (Å²) >= 11 is 3.20. The molecule has 0 aliphatic carbocycles. The summed E-state index contributed by atoms with van der Waals surface area (Å²) in [6, 6.07) is 3.95. The van der Waals surface area contributed by atoms with Crippen LogP contribution in [-0.2, 0) is 0 Å². The highest BCUT2D eigenvalue weighted by molar-refractivity contribution is 7.99. The maximum atomic E-state index is 8.68. The van der Waals surface area contributed by atoms with Crippen LogP contribution in [0.4, 0.5) is 0 Å². The zero-order chi connectivity index (χ0) is 12.8. The second-order valence-corrected chi connectivity index (χ2v) is 5.80. The quantitative estimate of drug-likeness (QED) is 0.462. The molecule has 3 N–H and O–H groups in total. The Morgan fingerprint density at radius 1 is 1.33 bits per heavy atom. The number of nitrogens with two attached hydrogens (primary N) is 1. The number of hydrogen-bond acceptors (Lipinski definition) is 6. The minimum Gasteiger partial charge on any atom is -0.396 e. The molecule has 0 aromatic carbocycles. The molecule has 0 fully saturated rings. The van der Waals surface area contributed by atoms with E-state index in [1.54, 1.807) is 27.8 Å². The van der Waals surface area contributed by atoms with E-state index in [1.165, 1.54) is 0 Å². The average molecular weight is 284 g/mol. The molecule has 0 saturated carbocycles. The smallest absolute Gasteiger partial charge is 0.210 e. The lowest BCUT2D eigenvalue weighted by Crippen LogP contribution is -2.11. The van der Waals surface area contributed by atoms with Crippen molar-refractivity contribution in [2.75, 3.05) is 18.2 Å². The van der Waals surface area contributed by atoms with E-state index < -0.39 is 0 Å². The molecule has 0 radical (unpaired) electrons. The van der Waals surface area contributed by atoms with Crippen LogP contribution in [0.15, 0.2) is 22.7 Å². The molecule has 2 heterocycles. The van der Waals surface area contributed by atoms with E-state index in [1.807, 2.05) is 17.5 Å². The number of aromatic nitrogens is 3. The summed E-state index contributed by atoms with van der Waals surface area (Å²) in [4.78, 5) is 1.03. The summed E-state index contributed by atoms with van der Waals surface area (Å²) in [5, 5.41) is 19.6. The maximum Gasteiger partial charge on any atom is 0.210 e. The number of hydrogen-bond donors (Lipinski definition) is 2. The fourth-order valence-corrected chi connectivity index (χ4v) is 3.06. The monoisotopic (exact) mass is 284 g/mol. The molecular formula is C11H16N4OS2. The summed E-state index contributed by atoms with van der Waals surface area (Å²) in [7, 11) is 0. The molecule has 0 spiro atoms. The molecule has 0 bridgehead atoms. The third kappa shape index (κ3) is 3.24. The lowest BCUT2D eigenvalue weighted by atomic mass is 10.3. The first-order valence-electron chi connectivity index (χ1n) is 5.81. The van der Waals surface area contributed by atoms with E-state index in [-0.39, 0.29) is 6.61 Å². The van der Waals surface area contributed by atoms with Crippen molar-refractivity contribution in [1.29, 1.82) is 0 Å². The standard InChI is InChI=1S/C11H16N4OS2/c12-15-10(9-5-4-8-17-9)13-14-11(15)18-7-3-1-2-6-16/h4-5,8,16H,1-3,6-7,12H2. The number of unbranched alkanes of at least 4 members (excludes halogenated alkanes) is 2. The van der Waals surface area contributed by atoms with Crippen LogP contribution in [0.2, 0.25) is 0 Å². The van der Waals surface area contributed by atoms with Gasteiger partial charge in [-0.1, -0.05) is 24.2 Å². The van der Waals surface area contributed by atoms with Crippen molar-refractivity contribution in [3.63, 3.8) is 0 Å². The number of nitrogen functional groups attached to an aromatic ring is 1. The summed E-state index contributed by atoms with van der Waals surface area (Å²) < 4.78 is 1.54. The molecule has 0 unspecified atom stereocenters. The van der Waals surface area contributed by atoms with Crippen LogP contribution in [-0.4, -0.2) is 32.3 Å². The average Bonchev–Trinajstić information content (AvgIpc) is 2.99. The lowest BCUT2D eigenvalue weighted by molar-refractivity contribution is 0.284. The van der Waals surface area contributed by atoms with Gasteiger partial charge in [-0.2, -0.15) is 0 Å². The van der Waals surface area contributed by atoms with Gasteiger partial charge in [-0.05, 0) is 24.3 Å². The van der Waals surface area contributed by atoms with Crippen LogP contribution in [0.1, 0.15) is 19.3 Å². The molecule has 18 heavy (non-hydrogen) atoms. The first kappa shape index (κ1) is 13.4. The number of aliphatic hydroxyl groups excluding tert-OH is 1. The highest BCUT2D eigenvalue weighted by Crippen LogP contribution is 2.25. The van der Waals surface area contributed by atoms with Gasteiger partial charge >= 0.3 is 0 Å². The van der Waals surface area contributed by atoms with Crippen molar-refractivity contribution >= 4 is 23.1 Å². The topological polar surface area (TPSA) is 77.0 Å². The summed E-state index contributed by atoms with van der Waals surface area (Å²) in [5.41, 5.74) is 0. The SMILES string of the molecule is Nn1c(SCCCCCO)nnc1-c1cccs1. The Balaban J connectivity index is 1.91. The Morgan fingerprint density at radius 2 is 2.22 bits per heavy atom. The van der Waals surface area contributed by atoms with Crippen LogP contribution >= 0.6 is 23.1 Å². The first-order chi connectivity index (χ1) is 8.83. The van der Waals surface area contributed by atoms with Gasteiger partial charge in [-0.25, -0.2) is 4.68 Å². The summed E-state index contributed by atoms with van der Waals surface area (Å²) in [6.45, 7) is 0.264. The molecule has 0 aliphatic rings. The van der Waals surface area contributed by atoms with Crippen molar-refractivity contribution in [2.24, 2.45) is 0 Å². The van der Waals surface area contributed by atoms with Gasteiger partial charge in [-0.15, -0.1) is 21.5 Å². The molecular weight excluding hydrogens is 268 g/mol. The van der Waals surface area contributed by atoms with Crippen molar-refractivity contribution < 1.29 is 5.11 Å². The van der Waals surface area contributed by atoms with E-state index in [0.29, 0.717) is 5.82 Å². The molecule has 2 aromatic rings. The number of rotatable bonds is 7. The van der Waals surface area contributed by atoms with Gasteiger partial charge in [0.25, 0.3) is 0 Å². The van der Waals surface area contributed by atoms with Crippen molar-refractivity contribution in [1.82, 2.24) is 14.9 Å². The van der Waals surface area contributed by atoms with Crippen LogP contribution in [0, 0.1) is 0 Å². The van der Waals surface area contributed by atoms with Crippen LogP contribution in [0.5, 0.6) is 0 Å². The van der Waals surface area contributed by atoms with E-state index in [0.717, 1.165) is 35.0 Å². The van der Waals surface area contributed by atoms with E-state index >= 15 is 0 Å². The lowest BCUT2D eigenvalue weighted by Gasteiger charge is -2.02. The van der Waals surface area contributed by atoms with Gasteiger partial charge in [0.15, 0.2) is 5.82 Å². The fourth-order valence-electron chi connectivity index (χ4n) is 1.50. The maximum absolute atomic E-state index is 8.68. The van der Waals surface area contributed by atoms with E-state index in [4.69, 9.17) is 10.9 Å². The molecule has 98 valence electrons. The van der Waals surface area contributed by atoms with Crippen molar-refractivity contribution in [2.45, 2.75) is 24.4 Å². The Kier molecular flexibility index (Phi) is 5.03. The zero-order valence-electron chi connectivity index (χ0n) is 9.95. The number of nitrogens with zero attached hydrogens (tertiary/aromatic N) is 3. The Hall–Kier alpha value is -1.05. The van der Waals surface area contributed by atoms with Crippen molar-refractivity contribution in [3.8, 4) is 10.7 Å². The van der Waals surface area contributed by atoms with Gasteiger partial charge in [0.05, 0.1) is 4.88 Å². The second kappa shape index (κ2) is 6.77. The van der Waals surface area contributed by atoms with Crippen LogP contribution < -0.4 is 5.84 Å².